The molecule has 0 heterocycles. The van der Waals surface area contributed by atoms with Gasteiger partial charge in [0.2, 0.25) is 0 Å². The van der Waals surface area contributed by atoms with Crippen molar-refractivity contribution in [2.75, 3.05) is 19.8 Å². The molecular formula is C14H23N2OS+. The van der Waals surface area contributed by atoms with Crippen molar-refractivity contribution in [1.82, 2.24) is 5.32 Å². The summed E-state index contributed by atoms with van der Waals surface area (Å²) in [7, 11) is 2.04. The Morgan fingerprint density at radius 3 is 2.44 bits per heavy atom. The van der Waals surface area contributed by atoms with Gasteiger partial charge in [0.25, 0.3) is 5.91 Å². The quantitative estimate of drug-likeness (QED) is 0.752. The Morgan fingerprint density at radius 1 is 1.33 bits per heavy atom. The predicted octanol–water partition coefficient (Wildman–Crippen LogP) is 0.948. The molecule has 1 amide bonds. The Kier molecular flexibility index (Phi) is 6.22. The van der Waals surface area contributed by atoms with Crippen LogP contribution in [0.4, 0.5) is 0 Å². The SMILES string of the molecule is CSc1ccc(C[NH+](C)CC(=O)NC(C)C)cc1. The number of carbonyl (C=O) groups excluding carboxylic acids is 1. The lowest BCUT2D eigenvalue weighted by Crippen LogP contribution is -3.09. The predicted molar refractivity (Wildman–Crippen MR) is 77.0 cm³/mol. The number of hydrogen-bond acceptors (Lipinski definition) is 2. The topological polar surface area (TPSA) is 33.5 Å². The molecule has 1 aromatic rings. The minimum atomic E-state index is 0.114. The first-order chi connectivity index (χ1) is 8.51. The van der Waals surface area contributed by atoms with Crippen LogP contribution < -0.4 is 10.2 Å². The summed E-state index contributed by atoms with van der Waals surface area (Å²) >= 11 is 1.74. The molecule has 3 nitrogen and oxygen atoms in total. The van der Waals surface area contributed by atoms with E-state index in [0.29, 0.717) is 6.54 Å². The highest BCUT2D eigenvalue weighted by molar-refractivity contribution is 7.98. The van der Waals surface area contributed by atoms with Crippen molar-refractivity contribution in [3.05, 3.63) is 29.8 Å². The first kappa shape index (κ1) is 15.1. The van der Waals surface area contributed by atoms with Gasteiger partial charge in [-0.3, -0.25) is 4.79 Å². The van der Waals surface area contributed by atoms with E-state index < -0.39 is 0 Å². The van der Waals surface area contributed by atoms with E-state index in [1.54, 1.807) is 11.8 Å². The minimum Gasteiger partial charge on any atom is -0.349 e. The normalized spacial score (nSPS) is 12.5. The molecule has 0 aromatic heterocycles. The maximum absolute atomic E-state index is 11.6. The fourth-order valence-electron chi connectivity index (χ4n) is 1.80. The molecule has 0 saturated carbocycles. The van der Waals surface area contributed by atoms with E-state index >= 15 is 0 Å². The van der Waals surface area contributed by atoms with E-state index in [1.165, 1.54) is 15.4 Å². The van der Waals surface area contributed by atoms with Gasteiger partial charge in [-0.1, -0.05) is 12.1 Å². The number of carbonyl (C=O) groups is 1. The number of nitrogens with one attached hydrogen (secondary N) is 2. The Bertz CT molecular complexity index is 376. The average molecular weight is 267 g/mol. The number of benzene rings is 1. The van der Waals surface area contributed by atoms with Crippen LogP contribution in [0.1, 0.15) is 19.4 Å². The largest absolute Gasteiger partial charge is 0.349 e. The molecule has 1 atom stereocenters. The van der Waals surface area contributed by atoms with Crippen molar-refractivity contribution in [2.45, 2.75) is 31.3 Å². The summed E-state index contributed by atoms with van der Waals surface area (Å²) in [5.74, 6) is 0.114. The van der Waals surface area contributed by atoms with Gasteiger partial charge in [0.1, 0.15) is 6.54 Å². The number of quaternary nitrogens is 1. The molecule has 0 saturated heterocycles. The Morgan fingerprint density at radius 2 is 1.94 bits per heavy atom. The van der Waals surface area contributed by atoms with Crippen molar-refractivity contribution in [1.29, 1.82) is 0 Å². The second-order valence-corrected chi connectivity index (χ2v) is 5.76. The van der Waals surface area contributed by atoms with Gasteiger partial charge in [0.05, 0.1) is 7.05 Å². The van der Waals surface area contributed by atoms with Gasteiger partial charge in [0.15, 0.2) is 6.54 Å². The molecule has 0 aliphatic rings. The molecule has 4 heteroatoms. The van der Waals surface area contributed by atoms with Gasteiger partial charge in [-0.05, 0) is 32.2 Å². The number of amides is 1. The molecule has 18 heavy (non-hydrogen) atoms. The summed E-state index contributed by atoms with van der Waals surface area (Å²) in [6.45, 7) is 5.35. The van der Waals surface area contributed by atoms with Crippen LogP contribution >= 0.6 is 11.8 Å². The van der Waals surface area contributed by atoms with Crippen LogP contribution in [0.2, 0.25) is 0 Å². The lowest BCUT2D eigenvalue weighted by molar-refractivity contribution is -0.885. The number of likely N-dealkylation sites (N-methyl/N-ethyl adjacent to an activating group) is 1. The fourth-order valence-corrected chi connectivity index (χ4v) is 2.21. The second-order valence-electron chi connectivity index (χ2n) is 4.88. The lowest BCUT2D eigenvalue weighted by Gasteiger charge is -2.15. The van der Waals surface area contributed by atoms with E-state index in [4.69, 9.17) is 0 Å². The van der Waals surface area contributed by atoms with Crippen LogP contribution in [0, 0.1) is 0 Å². The zero-order valence-electron chi connectivity index (χ0n) is 11.6. The van der Waals surface area contributed by atoms with Crippen LogP contribution in [0.25, 0.3) is 0 Å². The van der Waals surface area contributed by atoms with Crippen LogP contribution in [0.5, 0.6) is 0 Å². The van der Waals surface area contributed by atoms with Crippen molar-refractivity contribution in [2.24, 2.45) is 0 Å². The molecule has 0 spiro atoms. The first-order valence-corrected chi connectivity index (χ1v) is 7.47. The van der Waals surface area contributed by atoms with Crippen molar-refractivity contribution >= 4 is 17.7 Å². The maximum Gasteiger partial charge on any atom is 0.275 e. The molecule has 0 aliphatic carbocycles. The van der Waals surface area contributed by atoms with Gasteiger partial charge < -0.3 is 10.2 Å². The summed E-state index contributed by atoms with van der Waals surface area (Å²) in [6, 6.07) is 8.74. The number of rotatable bonds is 6. The third-order valence-electron chi connectivity index (χ3n) is 2.58. The van der Waals surface area contributed by atoms with Crippen molar-refractivity contribution in [3.63, 3.8) is 0 Å². The molecule has 0 radical (unpaired) electrons. The van der Waals surface area contributed by atoms with Crippen molar-refractivity contribution < 1.29 is 9.69 Å². The maximum atomic E-state index is 11.6. The van der Waals surface area contributed by atoms with E-state index in [0.717, 1.165) is 6.54 Å². The van der Waals surface area contributed by atoms with Gasteiger partial charge in [0, 0.05) is 16.5 Å². The highest BCUT2D eigenvalue weighted by atomic mass is 32.2. The number of hydrogen-bond donors (Lipinski definition) is 2. The van der Waals surface area contributed by atoms with Gasteiger partial charge in [-0.15, -0.1) is 11.8 Å². The minimum absolute atomic E-state index is 0.114. The smallest absolute Gasteiger partial charge is 0.275 e. The van der Waals surface area contributed by atoms with Crippen LogP contribution in [0.15, 0.2) is 29.2 Å². The monoisotopic (exact) mass is 267 g/mol. The Labute approximate surface area is 114 Å². The molecule has 100 valence electrons. The van der Waals surface area contributed by atoms with E-state index in [9.17, 15) is 4.79 Å². The number of thioether (sulfide) groups is 1. The zero-order valence-corrected chi connectivity index (χ0v) is 12.4. The first-order valence-electron chi connectivity index (χ1n) is 6.25. The molecule has 0 bridgehead atoms. The standard InChI is InChI=1S/C14H22N2OS/c1-11(2)15-14(17)10-16(3)9-12-5-7-13(18-4)8-6-12/h5-8,11H,9-10H2,1-4H3,(H,15,17)/p+1. The second kappa shape index (κ2) is 7.44. The summed E-state index contributed by atoms with van der Waals surface area (Å²) < 4.78 is 0. The molecule has 0 aliphatic heterocycles. The third-order valence-corrected chi connectivity index (χ3v) is 3.32. The van der Waals surface area contributed by atoms with E-state index in [-0.39, 0.29) is 11.9 Å². The molecule has 0 fully saturated rings. The van der Waals surface area contributed by atoms with Crippen LogP contribution in [0.3, 0.4) is 0 Å². The highest BCUT2D eigenvalue weighted by Crippen LogP contribution is 2.14. The fraction of sp³-hybridized carbons (Fsp3) is 0.500. The molecule has 1 rings (SSSR count). The summed E-state index contributed by atoms with van der Waals surface area (Å²) in [5.41, 5.74) is 1.27. The zero-order chi connectivity index (χ0) is 13.5. The molecule has 1 unspecified atom stereocenters. The molecule has 1 aromatic carbocycles. The summed E-state index contributed by atoms with van der Waals surface area (Å²) in [6.07, 6.45) is 2.07. The van der Waals surface area contributed by atoms with E-state index in [2.05, 4.69) is 35.8 Å². The van der Waals surface area contributed by atoms with Crippen molar-refractivity contribution in [3.8, 4) is 0 Å². The average Bonchev–Trinajstić information content (AvgIpc) is 2.28. The van der Waals surface area contributed by atoms with Gasteiger partial charge >= 0.3 is 0 Å². The molecule has 2 N–H and O–H groups in total. The van der Waals surface area contributed by atoms with E-state index in [1.807, 2.05) is 20.9 Å². The Hall–Kier alpha value is -1.00. The summed E-state index contributed by atoms with van der Waals surface area (Å²) in [5, 5.41) is 2.91. The van der Waals surface area contributed by atoms with Gasteiger partial charge in [-0.25, -0.2) is 0 Å². The summed E-state index contributed by atoms with van der Waals surface area (Å²) in [4.78, 5) is 14.1. The van der Waals surface area contributed by atoms with Crippen LogP contribution in [-0.2, 0) is 11.3 Å². The Balaban J connectivity index is 2.43. The van der Waals surface area contributed by atoms with Crippen LogP contribution in [-0.4, -0.2) is 31.8 Å². The lowest BCUT2D eigenvalue weighted by atomic mass is 10.2. The van der Waals surface area contributed by atoms with Gasteiger partial charge in [-0.2, -0.15) is 0 Å². The highest BCUT2D eigenvalue weighted by Gasteiger charge is 2.11. The molecular weight excluding hydrogens is 244 g/mol. The third kappa shape index (κ3) is 5.56.